The summed E-state index contributed by atoms with van der Waals surface area (Å²) in [5.74, 6) is -0.122. The number of hydrogen-bond acceptors (Lipinski definition) is 9. The summed E-state index contributed by atoms with van der Waals surface area (Å²) in [5.41, 5.74) is 1.04. The highest BCUT2D eigenvalue weighted by Crippen LogP contribution is 2.43. The number of fused-ring (bicyclic) bond motifs is 2. The zero-order chi connectivity index (χ0) is 25.9. The van der Waals surface area contributed by atoms with Crippen molar-refractivity contribution in [1.29, 1.82) is 5.26 Å². The third kappa shape index (κ3) is 4.61. The van der Waals surface area contributed by atoms with Crippen molar-refractivity contribution in [3.63, 3.8) is 0 Å². The van der Waals surface area contributed by atoms with Gasteiger partial charge in [0, 0.05) is 24.4 Å². The molecule has 3 heterocycles. The van der Waals surface area contributed by atoms with E-state index in [9.17, 15) is 14.9 Å². The van der Waals surface area contributed by atoms with Crippen molar-refractivity contribution in [2.45, 2.75) is 18.9 Å². The van der Waals surface area contributed by atoms with Crippen LogP contribution in [0.3, 0.4) is 0 Å². The molecule has 11 heteroatoms. The third-order valence-electron chi connectivity index (χ3n) is 6.31. The first-order valence-corrected chi connectivity index (χ1v) is 11.7. The van der Waals surface area contributed by atoms with E-state index in [0.717, 1.165) is 12.0 Å². The average molecular weight is 504 g/mol. The van der Waals surface area contributed by atoms with E-state index in [1.165, 1.54) is 14.2 Å². The van der Waals surface area contributed by atoms with E-state index in [1.807, 2.05) is 24.3 Å². The number of ether oxygens (including phenoxy) is 4. The molecule has 2 aromatic carbocycles. The van der Waals surface area contributed by atoms with E-state index < -0.39 is 23.3 Å². The van der Waals surface area contributed by atoms with Crippen molar-refractivity contribution in [3.05, 3.63) is 63.4 Å². The predicted octanol–water partition coefficient (Wildman–Crippen LogP) is 2.78. The smallest absolute Gasteiger partial charge is 0.258 e. The van der Waals surface area contributed by atoms with Gasteiger partial charge in [-0.15, -0.1) is 0 Å². The Balaban J connectivity index is 1.48. The minimum absolute atomic E-state index is 0.0799. The summed E-state index contributed by atoms with van der Waals surface area (Å²) in [6.07, 6.45) is 0.809. The van der Waals surface area contributed by atoms with Gasteiger partial charge in [-0.25, -0.2) is 0 Å². The number of nitrogens with zero attached hydrogens (tertiary/aromatic N) is 2. The lowest BCUT2D eigenvalue weighted by molar-refractivity contribution is -0.119. The number of anilines is 2. The Morgan fingerprint density at radius 3 is 2.68 bits per heavy atom. The topological polar surface area (TPSA) is 148 Å². The number of benzene rings is 2. The number of amides is 1. The summed E-state index contributed by atoms with van der Waals surface area (Å²) in [4.78, 5) is 33.4. The zero-order valence-electron chi connectivity index (χ0n) is 20.3. The quantitative estimate of drug-likeness (QED) is 0.462. The molecule has 2 aliphatic heterocycles. The SMILES string of the molecule is COc1ccc(OC)c(C2c3c(nc(NCc4ccc5c(c4)OCCCO5)[nH]c3=O)NC(=O)C2C#N)c1. The molecule has 0 aliphatic carbocycles. The average Bonchev–Trinajstić information content (AvgIpc) is 3.15. The van der Waals surface area contributed by atoms with Gasteiger partial charge in [0.1, 0.15) is 23.2 Å². The zero-order valence-corrected chi connectivity index (χ0v) is 20.3. The summed E-state index contributed by atoms with van der Waals surface area (Å²) in [7, 11) is 2.98. The summed E-state index contributed by atoms with van der Waals surface area (Å²) in [5, 5.41) is 15.5. The van der Waals surface area contributed by atoms with Gasteiger partial charge < -0.3 is 29.6 Å². The van der Waals surface area contributed by atoms with Gasteiger partial charge in [-0.3, -0.25) is 14.6 Å². The first kappa shape index (κ1) is 24.0. The Bertz CT molecular complexity index is 1450. The number of carbonyl (C=O) groups is 1. The summed E-state index contributed by atoms with van der Waals surface area (Å²) < 4.78 is 22.2. The van der Waals surface area contributed by atoms with Gasteiger partial charge in [-0.2, -0.15) is 10.2 Å². The molecule has 2 unspecified atom stereocenters. The maximum absolute atomic E-state index is 13.3. The van der Waals surface area contributed by atoms with Crippen LogP contribution in [0.25, 0.3) is 0 Å². The van der Waals surface area contributed by atoms with Crippen LogP contribution in [0.1, 0.15) is 29.0 Å². The Kier molecular flexibility index (Phi) is 6.55. The molecule has 0 saturated carbocycles. The monoisotopic (exact) mass is 503 g/mol. The van der Waals surface area contributed by atoms with Crippen molar-refractivity contribution in [3.8, 4) is 29.1 Å². The largest absolute Gasteiger partial charge is 0.497 e. The molecule has 0 saturated heterocycles. The van der Waals surface area contributed by atoms with Crippen LogP contribution in [-0.2, 0) is 11.3 Å². The molecule has 0 bridgehead atoms. The van der Waals surface area contributed by atoms with Crippen LogP contribution in [0.2, 0.25) is 0 Å². The lowest BCUT2D eigenvalue weighted by Crippen LogP contribution is -2.38. The molecule has 5 rings (SSSR count). The lowest BCUT2D eigenvalue weighted by Gasteiger charge is -2.29. The van der Waals surface area contributed by atoms with Crippen LogP contribution in [0.4, 0.5) is 11.8 Å². The molecule has 0 fully saturated rings. The van der Waals surface area contributed by atoms with E-state index in [-0.39, 0.29) is 17.3 Å². The van der Waals surface area contributed by atoms with E-state index in [0.29, 0.717) is 48.3 Å². The molecule has 1 amide bonds. The number of methoxy groups -OCH3 is 2. The Hall–Kier alpha value is -4.72. The van der Waals surface area contributed by atoms with Crippen molar-refractivity contribution in [1.82, 2.24) is 9.97 Å². The van der Waals surface area contributed by atoms with Gasteiger partial charge in [-0.1, -0.05) is 6.07 Å². The van der Waals surface area contributed by atoms with Crippen molar-refractivity contribution >= 4 is 17.7 Å². The molecule has 3 aromatic rings. The molecule has 11 nitrogen and oxygen atoms in total. The molecular formula is C26H25N5O6. The van der Waals surface area contributed by atoms with Crippen molar-refractivity contribution in [2.75, 3.05) is 38.1 Å². The fourth-order valence-corrected chi connectivity index (χ4v) is 4.52. The number of nitriles is 1. The van der Waals surface area contributed by atoms with Crippen LogP contribution in [0, 0.1) is 17.2 Å². The first-order valence-electron chi connectivity index (χ1n) is 11.7. The van der Waals surface area contributed by atoms with Gasteiger partial charge in [0.05, 0.1) is 39.1 Å². The number of carbonyl (C=O) groups excluding carboxylic acids is 1. The van der Waals surface area contributed by atoms with Gasteiger partial charge in [0.25, 0.3) is 5.56 Å². The minimum Gasteiger partial charge on any atom is -0.497 e. The molecule has 2 aliphatic rings. The summed E-state index contributed by atoms with van der Waals surface area (Å²) in [6, 6.07) is 12.6. The molecule has 0 radical (unpaired) electrons. The second kappa shape index (κ2) is 10.1. The third-order valence-corrected chi connectivity index (χ3v) is 6.31. The fraction of sp³-hybridized carbons (Fsp3) is 0.308. The molecular weight excluding hydrogens is 478 g/mol. The number of hydrogen-bond donors (Lipinski definition) is 3. The highest BCUT2D eigenvalue weighted by atomic mass is 16.5. The number of aromatic nitrogens is 2. The second-order valence-corrected chi connectivity index (χ2v) is 8.54. The standard InChI is InChI=1S/C26H25N5O6/c1-34-15-5-7-18(35-2)16(11-15)21-17(12-27)24(32)29-23-22(21)25(33)31-26(30-23)28-13-14-4-6-19-20(10-14)37-9-3-8-36-19/h4-7,10-11,17,21H,3,8-9,13H2,1-2H3,(H3,28,29,30,31,32,33). The predicted molar refractivity (Wildman–Crippen MR) is 133 cm³/mol. The van der Waals surface area contributed by atoms with Crippen molar-refractivity contribution in [2.24, 2.45) is 5.92 Å². The Labute approximate surface area is 212 Å². The molecule has 37 heavy (non-hydrogen) atoms. The fourth-order valence-electron chi connectivity index (χ4n) is 4.52. The molecule has 3 N–H and O–H groups in total. The molecule has 0 spiro atoms. The van der Waals surface area contributed by atoms with Gasteiger partial charge in [0.2, 0.25) is 11.9 Å². The molecule has 1 aromatic heterocycles. The van der Waals surface area contributed by atoms with Crippen LogP contribution in [0.15, 0.2) is 41.2 Å². The van der Waals surface area contributed by atoms with Crippen LogP contribution >= 0.6 is 0 Å². The van der Waals surface area contributed by atoms with Crippen LogP contribution < -0.4 is 35.1 Å². The number of rotatable bonds is 6. The minimum atomic E-state index is -1.17. The highest BCUT2D eigenvalue weighted by Gasteiger charge is 2.41. The number of aromatic amines is 1. The lowest BCUT2D eigenvalue weighted by atomic mass is 9.78. The van der Waals surface area contributed by atoms with Crippen LogP contribution in [0.5, 0.6) is 23.0 Å². The van der Waals surface area contributed by atoms with Crippen molar-refractivity contribution < 1.29 is 23.7 Å². The Morgan fingerprint density at radius 2 is 1.92 bits per heavy atom. The van der Waals surface area contributed by atoms with Gasteiger partial charge in [-0.05, 0) is 35.9 Å². The maximum atomic E-state index is 13.3. The summed E-state index contributed by atoms with van der Waals surface area (Å²) in [6.45, 7) is 1.51. The molecule has 190 valence electrons. The van der Waals surface area contributed by atoms with Crippen LogP contribution in [-0.4, -0.2) is 43.3 Å². The Morgan fingerprint density at radius 1 is 1.11 bits per heavy atom. The van der Waals surface area contributed by atoms with Gasteiger partial charge >= 0.3 is 0 Å². The van der Waals surface area contributed by atoms with E-state index in [4.69, 9.17) is 18.9 Å². The van der Waals surface area contributed by atoms with E-state index >= 15 is 0 Å². The second-order valence-electron chi connectivity index (χ2n) is 8.54. The van der Waals surface area contributed by atoms with E-state index in [1.54, 1.807) is 18.2 Å². The van der Waals surface area contributed by atoms with E-state index in [2.05, 4.69) is 20.6 Å². The normalized spacial score (nSPS) is 18.0. The highest BCUT2D eigenvalue weighted by molar-refractivity contribution is 5.98. The molecule has 2 atom stereocenters. The number of H-pyrrole nitrogens is 1. The summed E-state index contributed by atoms with van der Waals surface area (Å²) >= 11 is 0. The van der Waals surface area contributed by atoms with Gasteiger partial charge in [0.15, 0.2) is 11.5 Å². The maximum Gasteiger partial charge on any atom is 0.258 e. The number of nitrogens with one attached hydrogen (secondary N) is 3. The first-order chi connectivity index (χ1) is 18.0.